The van der Waals surface area contributed by atoms with Crippen molar-refractivity contribution in [3.63, 3.8) is 0 Å². The molecule has 0 aliphatic carbocycles. The largest absolute Gasteiger partial charge is 2.00 e. The second-order valence-electron chi connectivity index (χ2n) is 27.0. The van der Waals surface area contributed by atoms with Gasteiger partial charge in [0.1, 0.15) is 20.2 Å². The van der Waals surface area contributed by atoms with E-state index in [1.165, 1.54) is 230 Å². The van der Waals surface area contributed by atoms with E-state index in [0.717, 1.165) is 115 Å². The molecule has 0 unspecified atom stereocenters. The third kappa shape index (κ3) is 55.5. The molecule has 101 heavy (non-hydrogen) atoms. The molecule has 0 spiro atoms. The Morgan fingerprint density at radius 3 is 0.644 bits per heavy atom. The van der Waals surface area contributed by atoms with Gasteiger partial charge in [-0.05, 0) is 127 Å². The van der Waals surface area contributed by atoms with Gasteiger partial charge in [-0.1, -0.05) is 320 Å². The normalized spacial score (nSPS) is 11.8. The molecule has 0 amide bonds. The van der Waals surface area contributed by atoms with E-state index in [2.05, 4.69) is 76.3 Å². The molecule has 0 aliphatic rings. The average Bonchev–Trinajstić information content (AvgIpc) is 0.800. The van der Waals surface area contributed by atoms with Crippen LogP contribution >= 0.6 is 0 Å². The van der Waals surface area contributed by atoms with E-state index in [0.29, 0.717) is 25.7 Å². The molecule has 0 bridgehead atoms. The average molecular weight is 1480 g/mol. The van der Waals surface area contributed by atoms with Crippen LogP contribution in [0.15, 0.2) is 94.8 Å². The van der Waals surface area contributed by atoms with Crippen molar-refractivity contribution < 1.29 is 64.1 Å². The van der Waals surface area contributed by atoms with E-state index in [1.54, 1.807) is 0 Å². The predicted molar refractivity (Wildman–Crippen MR) is 415 cm³/mol. The first kappa shape index (κ1) is 97.4. The number of unbranched alkanes of at least 4 members (excludes halogenated alkanes) is 44. The molecule has 0 saturated heterocycles. The van der Waals surface area contributed by atoms with Gasteiger partial charge in [-0.3, -0.25) is 0 Å². The van der Waals surface area contributed by atoms with E-state index >= 15 is 0 Å². The summed E-state index contributed by atoms with van der Waals surface area (Å²) in [6.07, 6.45) is 77.9. The summed E-state index contributed by atoms with van der Waals surface area (Å²) in [5, 5.41) is 0. The molecule has 0 atom stereocenters. The SMILES string of the molecule is CC/C=C/CCCCCCCCCCCCCOC(=O)c1cccc(S(=O)(=O)[O-])c1C(=O)OCCCCCCCCCCCCC/C=C/CC.CC/C=C/CCCCCCCCCCCCCOC(=O)c1cccc(S(=O)(=O)[O-])c1C(=O)OCCCCCCCCCCCCC/C=C/CC.[Ca+2]. The predicted octanol–water partition coefficient (Wildman–Crippen LogP) is 24.0. The van der Waals surface area contributed by atoms with Gasteiger partial charge in [0.25, 0.3) is 0 Å². The number of benzene rings is 2. The Kier molecular flexibility index (Phi) is 66.9. The van der Waals surface area contributed by atoms with E-state index in [4.69, 9.17) is 18.9 Å². The summed E-state index contributed by atoms with van der Waals surface area (Å²) in [4.78, 5) is 50.2. The zero-order valence-corrected chi connectivity index (χ0v) is 67.8. The molecule has 2 aromatic rings. The Bertz CT molecular complexity index is 2540. The molecule has 0 radical (unpaired) electrons. The first-order valence-corrected chi connectivity index (χ1v) is 42.9. The topological polar surface area (TPSA) is 220 Å². The van der Waals surface area contributed by atoms with E-state index in [1.807, 2.05) is 0 Å². The fourth-order valence-electron chi connectivity index (χ4n) is 12.2. The first-order chi connectivity index (χ1) is 48.6. The molecular formula is C84H138CaO14S2. The Morgan fingerprint density at radius 1 is 0.277 bits per heavy atom. The minimum Gasteiger partial charge on any atom is -0.744 e. The molecule has 0 saturated carbocycles. The number of ether oxygens (including phenoxy) is 4. The van der Waals surface area contributed by atoms with Crippen molar-refractivity contribution >= 4 is 81.9 Å². The van der Waals surface area contributed by atoms with Gasteiger partial charge < -0.3 is 28.1 Å². The van der Waals surface area contributed by atoms with Crippen molar-refractivity contribution in [2.24, 2.45) is 0 Å². The molecule has 2 aromatic carbocycles. The van der Waals surface area contributed by atoms with Crippen LogP contribution in [-0.2, 0) is 39.2 Å². The van der Waals surface area contributed by atoms with Crippen LogP contribution in [0.2, 0.25) is 0 Å². The Morgan fingerprint density at radius 2 is 0.455 bits per heavy atom. The third-order valence-corrected chi connectivity index (χ3v) is 19.8. The van der Waals surface area contributed by atoms with Gasteiger partial charge in [0, 0.05) is 0 Å². The molecule has 572 valence electrons. The van der Waals surface area contributed by atoms with Gasteiger partial charge in [-0.15, -0.1) is 0 Å². The number of esters is 4. The van der Waals surface area contributed by atoms with Crippen molar-refractivity contribution in [2.75, 3.05) is 26.4 Å². The molecule has 0 heterocycles. The summed E-state index contributed by atoms with van der Waals surface area (Å²) < 4.78 is 93.2. The van der Waals surface area contributed by atoms with Gasteiger partial charge >= 0.3 is 61.6 Å². The summed E-state index contributed by atoms with van der Waals surface area (Å²) in [5.74, 6) is -3.63. The summed E-state index contributed by atoms with van der Waals surface area (Å²) >= 11 is 0. The van der Waals surface area contributed by atoms with Crippen molar-refractivity contribution in [1.82, 2.24) is 0 Å². The van der Waals surface area contributed by atoms with Gasteiger partial charge in [0.2, 0.25) is 0 Å². The Labute approximate surface area is 645 Å². The van der Waals surface area contributed by atoms with Gasteiger partial charge in [-0.25, -0.2) is 36.0 Å². The van der Waals surface area contributed by atoms with Crippen molar-refractivity contribution in [1.29, 1.82) is 0 Å². The summed E-state index contributed by atoms with van der Waals surface area (Å²) in [5.41, 5.74) is -1.56. The minimum absolute atomic E-state index is 0. The number of carbonyl (C=O) groups is 4. The Hall–Kier alpha value is -3.64. The maximum Gasteiger partial charge on any atom is 2.00 e. The quantitative estimate of drug-likeness (QED) is 0.0150. The number of hydrogen-bond acceptors (Lipinski definition) is 14. The van der Waals surface area contributed by atoms with Crippen LogP contribution in [-0.4, -0.2) is 114 Å². The number of rotatable bonds is 66. The fourth-order valence-corrected chi connectivity index (χ4v) is 13.5. The molecule has 0 fully saturated rings. The standard InChI is InChI=1S/2C42H70O7S.Ca/c2*1-3-5-7-9-11-13-15-17-19-21-23-25-27-29-31-36-48-41(43)38-34-33-35-39(50(45,46)47)40(38)42(44)49-37-32-30-28-26-24-22-20-18-16-14-12-10-8-6-4-2;/h2*5-8,33-35H,3-4,9-32,36-37H2,1-2H3,(H,45,46,47);/q;;+2/p-2/b2*7-5+,8-6+;. The number of hydrogen-bond donors (Lipinski definition) is 0. The van der Waals surface area contributed by atoms with E-state index < -0.39 is 65.0 Å². The molecule has 0 aromatic heterocycles. The van der Waals surface area contributed by atoms with Gasteiger partial charge in [-0.2, -0.15) is 0 Å². The van der Waals surface area contributed by atoms with Crippen molar-refractivity contribution in [2.45, 2.75) is 371 Å². The monoisotopic (exact) mass is 1470 g/mol. The molecular weight excluding hydrogens is 1340 g/mol. The molecule has 2 rings (SSSR count). The summed E-state index contributed by atoms with van der Waals surface area (Å²) in [6, 6.07) is 7.23. The fraction of sp³-hybridized carbons (Fsp3) is 0.714. The van der Waals surface area contributed by atoms with E-state index in [9.17, 15) is 45.1 Å². The zero-order valence-electron chi connectivity index (χ0n) is 63.9. The van der Waals surface area contributed by atoms with Crippen LogP contribution < -0.4 is 0 Å². The molecule has 0 aliphatic heterocycles. The van der Waals surface area contributed by atoms with E-state index in [-0.39, 0.29) is 75.3 Å². The smallest absolute Gasteiger partial charge is 0.744 e. The molecule has 14 nitrogen and oxygen atoms in total. The van der Waals surface area contributed by atoms with Crippen LogP contribution in [0.4, 0.5) is 0 Å². The Balaban J connectivity index is 0.00000196. The van der Waals surface area contributed by atoms with Crippen molar-refractivity contribution in [3.05, 3.63) is 107 Å². The maximum atomic E-state index is 13.0. The number of carbonyl (C=O) groups excluding carboxylic acids is 4. The molecule has 17 heteroatoms. The second-order valence-corrected chi connectivity index (χ2v) is 29.7. The van der Waals surface area contributed by atoms with Gasteiger partial charge in [0.05, 0.1) is 58.5 Å². The van der Waals surface area contributed by atoms with Crippen LogP contribution in [0.5, 0.6) is 0 Å². The second kappa shape index (κ2) is 69.4. The van der Waals surface area contributed by atoms with Crippen LogP contribution in [0.3, 0.4) is 0 Å². The van der Waals surface area contributed by atoms with Gasteiger partial charge in [0.15, 0.2) is 0 Å². The summed E-state index contributed by atoms with van der Waals surface area (Å²) in [6.45, 7) is 9.15. The van der Waals surface area contributed by atoms with Crippen LogP contribution in [0, 0.1) is 0 Å². The third-order valence-electron chi connectivity index (χ3n) is 18.0. The molecule has 0 N–H and O–H groups in total. The number of allylic oxidation sites excluding steroid dienone is 8. The van der Waals surface area contributed by atoms with Crippen molar-refractivity contribution in [3.8, 4) is 0 Å². The van der Waals surface area contributed by atoms with Crippen LogP contribution in [0.1, 0.15) is 403 Å². The first-order valence-electron chi connectivity index (χ1n) is 40.1. The minimum atomic E-state index is -5.01. The summed E-state index contributed by atoms with van der Waals surface area (Å²) in [7, 11) is -10.0. The zero-order chi connectivity index (χ0) is 73.1. The van der Waals surface area contributed by atoms with Crippen LogP contribution in [0.25, 0.3) is 0 Å². The maximum absolute atomic E-state index is 13.0.